The van der Waals surface area contributed by atoms with Crippen molar-refractivity contribution < 1.29 is 20.1 Å². The van der Waals surface area contributed by atoms with E-state index in [1.54, 1.807) is 12.1 Å². The van der Waals surface area contributed by atoms with Crippen LogP contribution in [0.25, 0.3) is 16.8 Å². The van der Waals surface area contributed by atoms with E-state index in [9.17, 15) is 20.1 Å². The third-order valence-corrected chi connectivity index (χ3v) is 3.56. The average Bonchev–Trinajstić information content (AvgIpc) is 2.53. The van der Waals surface area contributed by atoms with Crippen LogP contribution >= 0.6 is 0 Å². The minimum Gasteiger partial charge on any atom is -0.508 e. The van der Waals surface area contributed by atoms with Gasteiger partial charge in [-0.05, 0) is 47.2 Å². The molecule has 23 heavy (non-hydrogen) atoms. The van der Waals surface area contributed by atoms with Crippen molar-refractivity contribution >= 4 is 22.6 Å². The summed E-state index contributed by atoms with van der Waals surface area (Å²) in [7, 11) is 0. The Bertz CT molecular complexity index is 926. The van der Waals surface area contributed by atoms with Gasteiger partial charge in [-0.15, -0.1) is 0 Å². The van der Waals surface area contributed by atoms with E-state index in [0.717, 1.165) is 10.8 Å². The fraction of sp³-hybridized carbons (Fsp3) is 0. The molecule has 0 radical (unpaired) electrons. The van der Waals surface area contributed by atoms with Gasteiger partial charge in [0.2, 0.25) is 0 Å². The third-order valence-electron chi connectivity index (χ3n) is 3.56. The Morgan fingerprint density at radius 2 is 1.52 bits per heavy atom. The van der Waals surface area contributed by atoms with Gasteiger partial charge in [-0.25, -0.2) is 0 Å². The molecule has 4 nitrogen and oxygen atoms in total. The summed E-state index contributed by atoms with van der Waals surface area (Å²) >= 11 is 0. The molecule has 0 bridgehead atoms. The average molecular weight is 306 g/mol. The Morgan fingerprint density at radius 1 is 0.826 bits per heavy atom. The van der Waals surface area contributed by atoms with Crippen molar-refractivity contribution in [3.8, 4) is 17.2 Å². The normalized spacial score (nSPS) is 11.1. The molecule has 3 aromatic carbocycles. The summed E-state index contributed by atoms with van der Waals surface area (Å²) in [4.78, 5) is 12.3. The number of aromatic hydroxyl groups is 3. The monoisotopic (exact) mass is 306 g/mol. The van der Waals surface area contributed by atoms with Gasteiger partial charge < -0.3 is 15.3 Å². The molecule has 0 saturated heterocycles. The summed E-state index contributed by atoms with van der Waals surface area (Å²) in [5.41, 5.74) is 0.592. The molecule has 0 fully saturated rings. The third kappa shape index (κ3) is 3.01. The quantitative estimate of drug-likeness (QED) is 0.507. The van der Waals surface area contributed by atoms with Gasteiger partial charge >= 0.3 is 0 Å². The minimum absolute atomic E-state index is 0.0573. The van der Waals surface area contributed by atoms with Crippen LogP contribution in [0.3, 0.4) is 0 Å². The van der Waals surface area contributed by atoms with Crippen molar-refractivity contribution in [2.45, 2.75) is 0 Å². The van der Waals surface area contributed by atoms with Gasteiger partial charge in [0.1, 0.15) is 17.2 Å². The van der Waals surface area contributed by atoms with Gasteiger partial charge in [-0.3, -0.25) is 4.79 Å². The number of phenolic OH excluding ortho intramolecular Hbond substituents is 3. The summed E-state index contributed by atoms with van der Waals surface area (Å²) in [6, 6.07) is 14.7. The first-order valence-corrected chi connectivity index (χ1v) is 7.01. The number of carbonyl (C=O) groups is 1. The molecule has 4 heteroatoms. The number of carbonyl (C=O) groups excluding carboxylic acids is 1. The van der Waals surface area contributed by atoms with Crippen LogP contribution in [0.2, 0.25) is 0 Å². The number of hydrogen-bond donors (Lipinski definition) is 3. The van der Waals surface area contributed by atoms with Crippen LogP contribution in [0.5, 0.6) is 17.2 Å². The Labute approximate surface area is 132 Å². The lowest BCUT2D eigenvalue weighted by atomic mass is 10.0. The molecule has 0 heterocycles. The number of fused-ring (bicyclic) bond motifs is 1. The summed E-state index contributed by atoms with van der Waals surface area (Å²) in [5.74, 6) is -0.649. The topological polar surface area (TPSA) is 77.8 Å². The van der Waals surface area contributed by atoms with Crippen LogP contribution in [0.1, 0.15) is 15.9 Å². The zero-order chi connectivity index (χ0) is 16.4. The van der Waals surface area contributed by atoms with E-state index in [0.29, 0.717) is 5.56 Å². The number of phenols is 3. The molecule has 3 rings (SSSR count). The van der Waals surface area contributed by atoms with Crippen LogP contribution < -0.4 is 0 Å². The fourth-order valence-corrected chi connectivity index (χ4v) is 2.35. The van der Waals surface area contributed by atoms with E-state index in [2.05, 4.69) is 0 Å². The van der Waals surface area contributed by atoms with Gasteiger partial charge in [0, 0.05) is 11.6 Å². The highest BCUT2D eigenvalue weighted by molar-refractivity contribution is 6.10. The molecular formula is C19H14O4. The second kappa shape index (κ2) is 5.85. The maximum absolute atomic E-state index is 12.3. The van der Waals surface area contributed by atoms with E-state index in [-0.39, 0.29) is 28.6 Å². The van der Waals surface area contributed by atoms with E-state index >= 15 is 0 Å². The molecule has 114 valence electrons. The molecule has 0 unspecified atom stereocenters. The number of ketones is 1. The molecule has 0 aromatic heterocycles. The van der Waals surface area contributed by atoms with Gasteiger partial charge in [0.25, 0.3) is 0 Å². The lowest BCUT2D eigenvalue weighted by Crippen LogP contribution is -1.95. The summed E-state index contributed by atoms with van der Waals surface area (Å²) in [6.45, 7) is 0. The van der Waals surface area contributed by atoms with Crippen LogP contribution in [0.4, 0.5) is 0 Å². The molecule has 0 aliphatic rings. The Balaban J connectivity index is 1.94. The molecule has 0 atom stereocenters. The summed E-state index contributed by atoms with van der Waals surface area (Å²) in [5, 5.41) is 30.7. The zero-order valence-corrected chi connectivity index (χ0v) is 12.1. The standard InChI is InChI=1S/C19H14O4/c20-15-7-5-12(18(22)11-15)6-8-17(21)16-9-13-3-1-2-4-14(13)10-19(16)23/h1-11,20,22-23H/b8-6+. The lowest BCUT2D eigenvalue weighted by molar-refractivity contribution is 0.104. The van der Waals surface area contributed by atoms with Crippen molar-refractivity contribution in [2.75, 3.05) is 0 Å². The molecular weight excluding hydrogens is 292 g/mol. The zero-order valence-electron chi connectivity index (χ0n) is 12.1. The highest BCUT2D eigenvalue weighted by atomic mass is 16.3. The van der Waals surface area contributed by atoms with Crippen LogP contribution in [0, 0.1) is 0 Å². The first-order valence-electron chi connectivity index (χ1n) is 7.01. The summed E-state index contributed by atoms with van der Waals surface area (Å²) < 4.78 is 0. The van der Waals surface area contributed by atoms with Crippen LogP contribution in [-0.2, 0) is 0 Å². The first-order chi connectivity index (χ1) is 11.0. The van der Waals surface area contributed by atoms with Crippen molar-refractivity contribution in [1.29, 1.82) is 0 Å². The maximum atomic E-state index is 12.3. The predicted octanol–water partition coefficient (Wildman–Crippen LogP) is 3.85. The number of allylic oxidation sites excluding steroid dienone is 1. The largest absolute Gasteiger partial charge is 0.508 e. The molecule has 0 aliphatic heterocycles. The van der Waals surface area contributed by atoms with Gasteiger partial charge in [-0.1, -0.05) is 24.3 Å². The highest BCUT2D eigenvalue weighted by Crippen LogP contribution is 2.27. The number of benzene rings is 3. The highest BCUT2D eigenvalue weighted by Gasteiger charge is 2.10. The SMILES string of the molecule is O=C(/C=C/c1ccc(O)cc1O)c1cc2ccccc2cc1O. The van der Waals surface area contributed by atoms with Crippen molar-refractivity contribution in [2.24, 2.45) is 0 Å². The molecule has 0 saturated carbocycles. The van der Waals surface area contributed by atoms with Gasteiger partial charge in [0.15, 0.2) is 5.78 Å². The number of hydrogen-bond acceptors (Lipinski definition) is 4. The molecule has 3 N–H and O–H groups in total. The second-order valence-electron chi connectivity index (χ2n) is 5.16. The Kier molecular flexibility index (Phi) is 3.73. The second-order valence-corrected chi connectivity index (χ2v) is 5.16. The summed E-state index contributed by atoms with van der Waals surface area (Å²) in [6.07, 6.45) is 2.71. The lowest BCUT2D eigenvalue weighted by Gasteiger charge is -2.04. The minimum atomic E-state index is -0.374. The van der Waals surface area contributed by atoms with Crippen LogP contribution in [-0.4, -0.2) is 21.1 Å². The number of rotatable bonds is 3. The molecule has 0 aliphatic carbocycles. The first kappa shape index (κ1) is 14.7. The van der Waals surface area contributed by atoms with Gasteiger partial charge in [-0.2, -0.15) is 0 Å². The van der Waals surface area contributed by atoms with Crippen molar-refractivity contribution in [3.63, 3.8) is 0 Å². The molecule has 3 aromatic rings. The fourth-order valence-electron chi connectivity index (χ4n) is 2.35. The van der Waals surface area contributed by atoms with E-state index < -0.39 is 0 Å². The maximum Gasteiger partial charge on any atom is 0.189 e. The van der Waals surface area contributed by atoms with Crippen LogP contribution in [0.15, 0.2) is 60.7 Å². The smallest absolute Gasteiger partial charge is 0.189 e. The van der Waals surface area contributed by atoms with Crippen molar-refractivity contribution in [3.05, 3.63) is 71.8 Å². The molecule has 0 spiro atoms. The van der Waals surface area contributed by atoms with E-state index in [4.69, 9.17) is 0 Å². The Hall–Kier alpha value is -3.27. The predicted molar refractivity (Wildman–Crippen MR) is 88.7 cm³/mol. The Morgan fingerprint density at radius 3 is 2.22 bits per heavy atom. The van der Waals surface area contributed by atoms with Gasteiger partial charge in [0.05, 0.1) is 5.56 Å². The van der Waals surface area contributed by atoms with E-state index in [1.165, 1.54) is 30.4 Å². The molecule has 0 amide bonds. The van der Waals surface area contributed by atoms with E-state index in [1.807, 2.05) is 24.3 Å². The van der Waals surface area contributed by atoms with Crippen molar-refractivity contribution in [1.82, 2.24) is 0 Å².